The first-order valence-corrected chi connectivity index (χ1v) is 4.77. The van der Waals surface area contributed by atoms with Crippen molar-refractivity contribution in [2.24, 2.45) is 0 Å². The SMILES string of the molecule is COc1cc(N)cc(-c2ccccc2F)n1. The molecule has 0 atom stereocenters. The molecule has 0 fully saturated rings. The molecule has 0 aliphatic carbocycles. The predicted octanol–water partition coefficient (Wildman–Crippen LogP) is 2.48. The summed E-state index contributed by atoms with van der Waals surface area (Å²) < 4.78 is 18.5. The van der Waals surface area contributed by atoms with Crippen molar-refractivity contribution in [3.05, 3.63) is 42.2 Å². The average Bonchev–Trinajstić information content (AvgIpc) is 2.28. The highest BCUT2D eigenvalue weighted by molar-refractivity contribution is 5.64. The van der Waals surface area contributed by atoms with Crippen molar-refractivity contribution in [1.82, 2.24) is 4.98 Å². The van der Waals surface area contributed by atoms with Crippen LogP contribution in [-0.2, 0) is 0 Å². The Labute approximate surface area is 92.7 Å². The van der Waals surface area contributed by atoms with E-state index in [1.54, 1.807) is 30.3 Å². The van der Waals surface area contributed by atoms with Gasteiger partial charge in [0.25, 0.3) is 0 Å². The van der Waals surface area contributed by atoms with E-state index in [1.165, 1.54) is 13.2 Å². The number of nitrogen functional groups attached to an aromatic ring is 1. The highest BCUT2D eigenvalue weighted by Crippen LogP contribution is 2.25. The molecule has 0 radical (unpaired) electrons. The fraction of sp³-hybridized carbons (Fsp3) is 0.0833. The zero-order chi connectivity index (χ0) is 11.5. The number of aromatic nitrogens is 1. The molecule has 16 heavy (non-hydrogen) atoms. The molecule has 0 aliphatic heterocycles. The summed E-state index contributed by atoms with van der Waals surface area (Å²) >= 11 is 0. The van der Waals surface area contributed by atoms with Crippen molar-refractivity contribution >= 4 is 5.69 Å². The first kappa shape index (κ1) is 10.4. The molecule has 0 saturated carbocycles. The van der Waals surface area contributed by atoms with Gasteiger partial charge in [-0.25, -0.2) is 9.37 Å². The van der Waals surface area contributed by atoms with Crippen molar-refractivity contribution in [3.8, 4) is 17.1 Å². The van der Waals surface area contributed by atoms with Crippen molar-refractivity contribution in [3.63, 3.8) is 0 Å². The highest BCUT2D eigenvalue weighted by Gasteiger charge is 2.07. The number of halogens is 1. The first-order chi connectivity index (χ1) is 7.70. The van der Waals surface area contributed by atoms with Crippen LogP contribution < -0.4 is 10.5 Å². The molecule has 4 heteroatoms. The second kappa shape index (κ2) is 4.18. The molecule has 2 rings (SSSR count). The van der Waals surface area contributed by atoms with Gasteiger partial charge in [0.1, 0.15) is 5.82 Å². The minimum atomic E-state index is -0.331. The molecule has 0 spiro atoms. The number of pyridine rings is 1. The number of hydrogen-bond acceptors (Lipinski definition) is 3. The molecular weight excluding hydrogens is 207 g/mol. The van der Waals surface area contributed by atoms with Gasteiger partial charge in [0.2, 0.25) is 5.88 Å². The van der Waals surface area contributed by atoms with Crippen LogP contribution in [0.2, 0.25) is 0 Å². The predicted molar refractivity (Wildman–Crippen MR) is 60.6 cm³/mol. The van der Waals surface area contributed by atoms with Gasteiger partial charge in [-0.15, -0.1) is 0 Å². The molecule has 2 N–H and O–H groups in total. The van der Waals surface area contributed by atoms with Crippen LogP contribution >= 0.6 is 0 Å². The summed E-state index contributed by atoms with van der Waals surface area (Å²) in [6.07, 6.45) is 0. The van der Waals surface area contributed by atoms with Crippen LogP contribution in [0.15, 0.2) is 36.4 Å². The van der Waals surface area contributed by atoms with Crippen LogP contribution in [0.1, 0.15) is 0 Å². The fourth-order valence-corrected chi connectivity index (χ4v) is 1.44. The van der Waals surface area contributed by atoms with Gasteiger partial charge in [-0.3, -0.25) is 0 Å². The molecular formula is C12H11FN2O. The van der Waals surface area contributed by atoms with Crippen molar-refractivity contribution < 1.29 is 9.13 Å². The second-order valence-electron chi connectivity index (χ2n) is 3.31. The van der Waals surface area contributed by atoms with E-state index < -0.39 is 0 Å². The standard InChI is InChI=1S/C12H11FN2O/c1-16-12-7-8(14)6-11(15-12)9-4-2-3-5-10(9)13/h2-7H,1H3,(H2,14,15). The number of nitrogens with zero attached hydrogens (tertiary/aromatic N) is 1. The normalized spacial score (nSPS) is 10.1. The number of ether oxygens (including phenoxy) is 1. The Hall–Kier alpha value is -2.10. The van der Waals surface area contributed by atoms with Gasteiger partial charge in [0.05, 0.1) is 12.8 Å². The zero-order valence-corrected chi connectivity index (χ0v) is 8.77. The number of anilines is 1. The zero-order valence-electron chi connectivity index (χ0n) is 8.77. The molecule has 82 valence electrons. The Bertz CT molecular complexity index is 514. The van der Waals surface area contributed by atoms with E-state index in [1.807, 2.05) is 0 Å². The smallest absolute Gasteiger partial charge is 0.215 e. The van der Waals surface area contributed by atoms with Crippen LogP contribution in [0.25, 0.3) is 11.3 Å². The van der Waals surface area contributed by atoms with E-state index >= 15 is 0 Å². The number of hydrogen-bond donors (Lipinski definition) is 1. The molecule has 1 aromatic heterocycles. The third-order valence-electron chi connectivity index (χ3n) is 2.18. The molecule has 2 aromatic rings. The van der Waals surface area contributed by atoms with Gasteiger partial charge < -0.3 is 10.5 Å². The summed E-state index contributed by atoms with van der Waals surface area (Å²) in [6.45, 7) is 0. The molecule has 0 unspecified atom stereocenters. The van der Waals surface area contributed by atoms with E-state index in [2.05, 4.69) is 4.98 Å². The average molecular weight is 218 g/mol. The molecule has 0 amide bonds. The number of benzene rings is 1. The molecule has 0 aliphatic rings. The maximum atomic E-state index is 13.5. The highest BCUT2D eigenvalue weighted by atomic mass is 19.1. The second-order valence-corrected chi connectivity index (χ2v) is 3.31. The summed E-state index contributed by atoms with van der Waals surface area (Å²) in [5, 5.41) is 0. The van der Waals surface area contributed by atoms with Gasteiger partial charge in [-0.05, 0) is 18.2 Å². The molecule has 1 aromatic carbocycles. The largest absolute Gasteiger partial charge is 0.481 e. The summed E-state index contributed by atoms with van der Waals surface area (Å²) in [5.41, 5.74) is 7.05. The van der Waals surface area contributed by atoms with E-state index in [0.29, 0.717) is 22.8 Å². The molecule has 1 heterocycles. The lowest BCUT2D eigenvalue weighted by molar-refractivity contribution is 0.398. The van der Waals surface area contributed by atoms with Crippen LogP contribution in [0.3, 0.4) is 0 Å². The van der Waals surface area contributed by atoms with Gasteiger partial charge in [-0.2, -0.15) is 0 Å². The molecule has 0 bridgehead atoms. The van der Waals surface area contributed by atoms with Gasteiger partial charge in [0, 0.05) is 17.3 Å². The minimum absolute atomic E-state index is 0.331. The van der Waals surface area contributed by atoms with Gasteiger partial charge in [0.15, 0.2) is 0 Å². The maximum absolute atomic E-state index is 13.5. The summed E-state index contributed by atoms with van der Waals surface area (Å²) in [6, 6.07) is 9.60. The molecule has 0 saturated heterocycles. The lowest BCUT2D eigenvalue weighted by Gasteiger charge is -2.06. The van der Waals surface area contributed by atoms with E-state index in [9.17, 15) is 4.39 Å². The first-order valence-electron chi connectivity index (χ1n) is 4.77. The van der Waals surface area contributed by atoms with Crippen molar-refractivity contribution in [2.45, 2.75) is 0 Å². The summed E-state index contributed by atoms with van der Waals surface area (Å²) in [5.74, 6) is 0.0425. The van der Waals surface area contributed by atoms with Gasteiger partial charge >= 0.3 is 0 Å². The Kier molecular flexibility index (Phi) is 2.72. The Morgan fingerprint density at radius 1 is 1.25 bits per heavy atom. The maximum Gasteiger partial charge on any atom is 0.215 e. The topological polar surface area (TPSA) is 48.1 Å². The van der Waals surface area contributed by atoms with Crippen LogP contribution in [0.4, 0.5) is 10.1 Å². The Morgan fingerprint density at radius 2 is 2.00 bits per heavy atom. The van der Waals surface area contributed by atoms with Crippen LogP contribution in [0.5, 0.6) is 5.88 Å². The Balaban J connectivity index is 2.56. The van der Waals surface area contributed by atoms with E-state index in [0.717, 1.165) is 0 Å². The summed E-state index contributed by atoms with van der Waals surface area (Å²) in [7, 11) is 1.49. The van der Waals surface area contributed by atoms with Crippen molar-refractivity contribution in [2.75, 3.05) is 12.8 Å². The van der Waals surface area contributed by atoms with Crippen LogP contribution in [0, 0.1) is 5.82 Å². The Morgan fingerprint density at radius 3 is 2.69 bits per heavy atom. The molecule has 3 nitrogen and oxygen atoms in total. The number of nitrogens with two attached hydrogens (primary N) is 1. The third kappa shape index (κ3) is 1.95. The number of rotatable bonds is 2. The van der Waals surface area contributed by atoms with E-state index in [4.69, 9.17) is 10.5 Å². The van der Waals surface area contributed by atoms with E-state index in [-0.39, 0.29) is 5.82 Å². The summed E-state index contributed by atoms with van der Waals surface area (Å²) in [4.78, 5) is 4.14. The lowest BCUT2D eigenvalue weighted by Crippen LogP contribution is -1.95. The van der Waals surface area contributed by atoms with Gasteiger partial charge in [-0.1, -0.05) is 12.1 Å². The van der Waals surface area contributed by atoms with Crippen molar-refractivity contribution in [1.29, 1.82) is 0 Å². The minimum Gasteiger partial charge on any atom is -0.481 e. The van der Waals surface area contributed by atoms with Crippen LogP contribution in [-0.4, -0.2) is 12.1 Å². The lowest BCUT2D eigenvalue weighted by atomic mass is 10.1. The quantitative estimate of drug-likeness (QED) is 0.842. The fourth-order valence-electron chi connectivity index (χ4n) is 1.44. The third-order valence-corrected chi connectivity index (χ3v) is 2.18. The monoisotopic (exact) mass is 218 g/mol. The number of methoxy groups -OCH3 is 1.